The van der Waals surface area contributed by atoms with Crippen molar-refractivity contribution in [2.24, 2.45) is 0 Å². The molecular formula is C13H11F2NOS. The van der Waals surface area contributed by atoms with Crippen molar-refractivity contribution in [2.45, 2.75) is 12.8 Å². The molecule has 2 nitrogen and oxygen atoms in total. The Labute approximate surface area is 107 Å². The van der Waals surface area contributed by atoms with Gasteiger partial charge in [-0.3, -0.25) is 4.79 Å². The number of hydrogen-bond donors (Lipinski definition) is 1. The summed E-state index contributed by atoms with van der Waals surface area (Å²) in [6, 6.07) is 7.17. The number of aryl methyl sites for hydroxylation is 1. The maximum Gasteiger partial charge on any atom is 0.224 e. The number of halogens is 2. The molecule has 0 spiro atoms. The van der Waals surface area contributed by atoms with Gasteiger partial charge in [0.25, 0.3) is 0 Å². The number of anilines is 1. The molecule has 2 rings (SSSR count). The van der Waals surface area contributed by atoms with E-state index in [0.717, 1.165) is 17.0 Å². The van der Waals surface area contributed by atoms with Crippen molar-refractivity contribution >= 4 is 22.9 Å². The number of thiophene rings is 1. The predicted molar refractivity (Wildman–Crippen MR) is 67.6 cm³/mol. The smallest absolute Gasteiger partial charge is 0.224 e. The summed E-state index contributed by atoms with van der Waals surface area (Å²) in [6.45, 7) is 0. The minimum atomic E-state index is -0.967. The molecule has 1 aromatic carbocycles. The van der Waals surface area contributed by atoms with Gasteiger partial charge in [-0.15, -0.1) is 11.3 Å². The lowest BCUT2D eigenvalue weighted by atomic mass is 10.2. The molecule has 0 saturated heterocycles. The predicted octanol–water partition coefficient (Wildman–Crippen LogP) is 3.60. The largest absolute Gasteiger partial charge is 0.326 e. The summed E-state index contributed by atoms with van der Waals surface area (Å²) >= 11 is 1.59. The molecule has 2 aromatic rings. The second-order valence-electron chi connectivity index (χ2n) is 3.76. The average Bonchev–Trinajstić information content (AvgIpc) is 2.84. The molecule has 1 heterocycles. The Bertz CT molecular complexity index is 540. The van der Waals surface area contributed by atoms with Crippen molar-refractivity contribution in [3.63, 3.8) is 0 Å². The Morgan fingerprint density at radius 3 is 2.72 bits per heavy atom. The highest BCUT2D eigenvalue weighted by Crippen LogP contribution is 2.15. The van der Waals surface area contributed by atoms with E-state index in [1.54, 1.807) is 11.3 Å². The van der Waals surface area contributed by atoms with Crippen LogP contribution in [0.5, 0.6) is 0 Å². The maximum atomic E-state index is 12.9. The Morgan fingerprint density at radius 2 is 2.06 bits per heavy atom. The molecule has 1 N–H and O–H groups in total. The standard InChI is InChI=1S/C13H11F2NOS/c14-11-5-3-9(8-12(11)15)16-13(17)6-4-10-2-1-7-18-10/h1-3,5,7-8H,4,6H2,(H,16,17). The van der Waals surface area contributed by atoms with E-state index in [1.165, 1.54) is 6.07 Å². The first-order valence-corrected chi connectivity index (χ1v) is 6.30. The van der Waals surface area contributed by atoms with Crippen LogP contribution < -0.4 is 5.32 Å². The van der Waals surface area contributed by atoms with Gasteiger partial charge in [-0.1, -0.05) is 6.07 Å². The van der Waals surface area contributed by atoms with Crippen LogP contribution >= 0.6 is 11.3 Å². The molecule has 18 heavy (non-hydrogen) atoms. The van der Waals surface area contributed by atoms with Crippen molar-refractivity contribution in [3.8, 4) is 0 Å². The van der Waals surface area contributed by atoms with Gasteiger partial charge in [0.05, 0.1) is 0 Å². The third kappa shape index (κ3) is 3.37. The van der Waals surface area contributed by atoms with Crippen LogP contribution in [0.2, 0.25) is 0 Å². The monoisotopic (exact) mass is 267 g/mol. The summed E-state index contributed by atoms with van der Waals surface area (Å²) in [6.07, 6.45) is 0.965. The Hall–Kier alpha value is -1.75. The summed E-state index contributed by atoms with van der Waals surface area (Å²) < 4.78 is 25.6. The zero-order chi connectivity index (χ0) is 13.0. The van der Waals surface area contributed by atoms with Crippen molar-refractivity contribution in [1.82, 2.24) is 0 Å². The first-order chi connectivity index (χ1) is 8.65. The molecule has 5 heteroatoms. The van der Waals surface area contributed by atoms with E-state index in [4.69, 9.17) is 0 Å². The number of carbonyl (C=O) groups excluding carboxylic acids is 1. The number of hydrogen-bond acceptors (Lipinski definition) is 2. The minimum absolute atomic E-state index is 0.214. The molecule has 0 aliphatic heterocycles. The van der Waals surface area contributed by atoms with Crippen molar-refractivity contribution in [1.29, 1.82) is 0 Å². The van der Waals surface area contributed by atoms with E-state index in [2.05, 4.69) is 5.32 Å². The zero-order valence-corrected chi connectivity index (χ0v) is 10.3. The lowest BCUT2D eigenvalue weighted by molar-refractivity contribution is -0.116. The van der Waals surface area contributed by atoms with Gasteiger partial charge < -0.3 is 5.32 Å². The molecule has 0 bridgehead atoms. The lowest BCUT2D eigenvalue weighted by Gasteiger charge is -2.05. The van der Waals surface area contributed by atoms with E-state index in [0.29, 0.717) is 12.8 Å². The highest BCUT2D eigenvalue weighted by atomic mass is 32.1. The molecule has 0 saturated carbocycles. The van der Waals surface area contributed by atoms with Gasteiger partial charge in [-0.05, 0) is 30.0 Å². The van der Waals surface area contributed by atoms with Crippen LogP contribution in [0.3, 0.4) is 0 Å². The quantitative estimate of drug-likeness (QED) is 0.901. The zero-order valence-electron chi connectivity index (χ0n) is 9.45. The van der Waals surface area contributed by atoms with Gasteiger partial charge in [0.15, 0.2) is 11.6 Å². The van der Waals surface area contributed by atoms with Crippen LogP contribution in [0.25, 0.3) is 0 Å². The van der Waals surface area contributed by atoms with E-state index >= 15 is 0 Å². The fourth-order valence-corrected chi connectivity index (χ4v) is 2.20. The van der Waals surface area contributed by atoms with E-state index in [-0.39, 0.29) is 11.6 Å². The summed E-state index contributed by atoms with van der Waals surface area (Å²) in [5, 5.41) is 4.48. The third-order valence-corrected chi connectivity index (χ3v) is 3.32. The normalized spacial score (nSPS) is 10.3. The van der Waals surface area contributed by atoms with Crippen LogP contribution in [0.1, 0.15) is 11.3 Å². The van der Waals surface area contributed by atoms with E-state index in [9.17, 15) is 13.6 Å². The van der Waals surface area contributed by atoms with Crippen LogP contribution in [0, 0.1) is 11.6 Å². The highest BCUT2D eigenvalue weighted by molar-refractivity contribution is 7.09. The number of nitrogens with one attached hydrogen (secondary N) is 1. The first kappa shape index (κ1) is 12.7. The van der Waals surface area contributed by atoms with E-state index in [1.807, 2.05) is 17.5 Å². The molecule has 0 fully saturated rings. The van der Waals surface area contributed by atoms with E-state index < -0.39 is 11.6 Å². The molecule has 94 valence electrons. The van der Waals surface area contributed by atoms with Gasteiger partial charge in [-0.25, -0.2) is 8.78 Å². The summed E-state index contributed by atoms with van der Waals surface area (Å²) in [5.41, 5.74) is 0.269. The second-order valence-corrected chi connectivity index (χ2v) is 4.79. The number of carbonyl (C=O) groups is 1. The number of amides is 1. The van der Waals surface area contributed by atoms with Crippen LogP contribution in [0.15, 0.2) is 35.7 Å². The van der Waals surface area contributed by atoms with Crippen LogP contribution in [-0.2, 0) is 11.2 Å². The Kier molecular flexibility index (Phi) is 4.04. The fourth-order valence-electron chi connectivity index (χ4n) is 1.49. The SMILES string of the molecule is O=C(CCc1cccs1)Nc1ccc(F)c(F)c1. The Morgan fingerprint density at radius 1 is 1.22 bits per heavy atom. The summed E-state index contributed by atoms with van der Waals surface area (Å²) in [7, 11) is 0. The van der Waals surface area contributed by atoms with Gasteiger partial charge >= 0.3 is 0 Å². The molecule has 0 aliphatic carbocycles. The first-order valence-electron chi connectivity index (χ1n) is 5.42. The van der Waals surface area contributed by atoms with Gasteiger partial charge in [-0.2, -0.15) is 0 Å². The van der Waals surface area contributed by atoms with Crippen LogP contribution in [0.4, 0.5) is 14.5 Å². The topological polar surface area (TPSA) is 29.1 Å². The van der Waals surface area contributed by atoms with Crippen molar-refractivity contribution in [3.05, 3.63) is 52.2 Å². The lowest BCUT2D eigenvalue weighted by Crippen LogP contribution is -2.12. The molecule has 0 atom stereocenters. The molecule has 1 aromatic heterocycles. The number of rotatable bonds is 4. The van der Waals surface area contributed by atoms with Crippen LogP contribution in [-0.4, -0.2) is 5.91 Å². The Balaban J connectivity index is 1.88. The van der Waals surface area contributed by atoms with Gasteiger partial charge in [0.1, 0.15) is 0 Å². The molecule has 0 unspecified atom stereocenters. The second kappa shape index (κ2) is 5.73. The summed E-state index contributed by atoms with van der Waals surface area (Å²) in [5.74, 6) is -2.10. The van der Waals surface area contributed by atoms with Gasteiger partial charge in [0.2, 0.25) is 5.91 Å². The maximum absolute atomic E-state index is 12.9. The van der Waals surface area contributed by atoms with Gasteiger partial charge in [0, 0.05) is 23.1 Å². The molecule has 0 radical (unpaired) electrons. The third-order valence-electron chi connectivity index (χ3n) is 2.38. The molecular weight excluding hydrogens is 256 g/mol. The van der Waals surface area contributed by atoms with Crippen molar-refractivity contribution in [2.75, 3.05) is 5.32 Å². The fraction of sp³-hybridized carbons (Fsp3) is 0.154. The minimum Gasteiger partial charge on any atom is -0.326 e. The number of benzene rings is 1. The average molecular weight is 267 g/mol. The highest BCUT2D eigenvalue weighted by Gasteiger charge is 2.06. The summed E-state index contributed by atoms with van der Waals surface area (Å²) in [4.78, 5) is 12.7. The van der Waals surface area contributed by atoms with Crippen molar-refractivity contribution < 1.29 is 13.6 Å². The molecule has 1 amide bonds. The molecule has 0 aliphatic rings.